The molecule has 2 rings (SSSR count). The van der Waals surface area contributed by atoms with E-state index in [2.05, 4.69) is 4.90 Å². The summed E-state index contributed by atoms with van der Waals surface area (Å²) < 4.78 is 5.20. The van der Waals surface area contributed by atoms with Crippen molar-refractivity contribution in [2.75, 3.05) is 20.3 Å². The summed E-state index contributed by atoms with van der Waals surface area (Å²) in [4.78, 5) is 14.4. The third kappa shape index (κ3) is 2.57. The van der Waals surface area contributed by atoms with Crippen LogP contribution in [0, 0.1) is 5.92 Å². The third-order valence-electron chi connectivity index (χ3n) is 3.97. The number of nitrogens with zero attached hydrogens (tertiary/aromatic N) is 1. The highest BCUT2D eigenvalue weighted by atomic mass is 16.5. The van der Waals surface area contributed by atoms with Gasteiger partial charge in [0.1, 0.15) is 0 Å². The molecule has 1 atom stereocenters. The molecule has 0 aromatic carbocycles. The van der Waals surface area contributed by atoms with Gasteiger partial charge in [0, 0.05) is 19.6 Å². The molecule has 3 heteroatoms. The molecule has 0 N–H and O–H groups in total. The normalized spacial score (nSPS) is 27.3. The Morgan fingerprint density at radius 2 is 1.94 bits per heavy atom. The molecule has 1 amide bonds. The summed E-state index contributed by atoms with van der Waals surface area (Å²) in [5, 5.41) is 0. The second kappa shape index (κ2) is 5.67. The molecule has 1 aliphatic heterocycles. The fourth-order valence-electron chi connectivity index (χ4n) is 3.08. The van der Waals surface area contributed by atoms with Crippen molar-refractivity contribution >= 4 is 5.91 Å². The molecule has 1 heterocycles. The monoisotopic (exact) mass is 225 g/mol. The van der Waals surface area contributed by atoms with Crippen LogP contribution in [0.1, 0.15) is 44.9 Å². The molecular weight excluding hydrogens is 202 g/mol. The topological polar surface area (TPSA) is 29.5 Å². The Balaban J connectivity index is 1.91. The standard InChI is InChI=1S/C13H23NO2/c1-16-10-12-8-5-9-14(12)13(15)11-6-3-2-4-7-11/h11-12H,2-10H2,1H3. The third-order valence-corrected chi connectivity index (χ3v) is 3.97. The van der Waals surface area contributed by atoms with Crippen LogP contribution in [0.25, 0.3) is 0 Å². The Morgan fingerprint density at radius 3 is 2.62 bits per heavy atom. The molecule has 1 unspecified atom stereocenters. The van der Waals surface area contributed by atoms with E-state index >= 15 is 0 Å². The first-order valence-electron chi connectivity index (χ1n) is 6.62. The average Bonchev–Trinajstić information content (AvgIpc) is 2.78. The van der Waals surface area contributed by atoms with Gasteiger partial charge in [0.2, 0.25) is 5.91 Å². The maximum atomic E-state index is 12.4. The van der Waals surface area contributed by atoms with Crippen molar-refractivity contribution in [1.82, 2.24) is 4.90 Å². The number of hydrogen-bond donors (Lipinski definition) is 0. The summed E-state index contributed by atoms with van der Waals surface area (Å²) in [5.41, 5.74) is 0. The van der Waals surface area contributed by atoms with Gasteiger partial charge >= 0.3 is 0 Å². The fraction of sp³-hybridized carbons (Fsp3) is 0.923. The van der Waals surface area contributed by atoms with Crippen molar-refractivity contribution in [3.05, 3.63) is 0 Å². The van der Waals surface area contributed by atoms with E-state index in [0.29, 0.717) is 24.5 Å². The number of carbonyl (C=O) groups is 1. The van der Waals surface area contributed by atoms with Crippen LogP contribution in [0.3, 0.4) is 0 Å². The van der Waals surface area contributed by atoms with E-state index in [-0.39, 0.29) is 0 Å². The van der Waals surface area contributed by atoms with Crippen LogP contribution in [-0.2, 0) is 9.53 Å². The lowest BCUT2D eigenvalue weighted by molar-refractivity contribution is -0.138. The highest BCUT2D eigenvalue weighted by Crippen LogP contribution is 2.28. The van der Waals surface area contributed by atoms with Crippen LogP contribution < -0.4 is 0 Å². The van der Waals surface area contributed by atoms with Crippen molar-refractivity contribution in [3.63, 3.8) is 0 Å². The predicted molar refractivity (Wildman–Crippen MR) is 63.2 cm³/mol. The first-order chi connectivity index (χ1) is 7.83. The van der Waals surface area contributed by atoms with Gasteiger partial charge < -0.3 is 9.64 Å². The maximum Gasteiger partial charge on any atom is 0.226 e. The minimum atomic E-state index is 0.311. The highest BCUT2D eigenvalue weighted by Gasteiger charge is 2.33. The number of carbonyl (C=O) groups excluding carboxylic acids is 1. The Bertz CT molecular complexity index is 236. The Morgan fingerprint density at radius 1 is 1.19 bits per heavy atom. The van der Waals surface area contributed by atoms with Gasteiger partial charge in [-0.1, -0.05) is 19.3 Å². The number of likely N-dealkylation sites (tertiary alicyclic amines) is 1. The lowest BCUT2D eigenvalue weighted by Gasteiger charge is -2.30. The largest absolute Gasteiger partial charge is 0.383 e. The van der Waals surface area contributed by atoms with E-state index in [4.69, 9.17) is 4.74 Å². The molecule has 92 valence electrons. The van der Waals surface area contributed by atoms with Crippen LogP contribution in [-0.4, -0.2) is 37.1 Å². The minimum Gasteiger partial charge on any atom is -0.383 e. The Kier molecular flexibility index (Phi) is 4.22. The van der Waals surface area contributed by atoms with Crippen LogP contribution >= 0.6 is 0 Å². The molecule has 1 saturated heterocycles. The first kappa shape index (κ1) is 11.9. The number of methoxy groups -OCH3 is 1. The lowest BCUT2D eigenvalue weighted by atomic mass is 9.88. The molecule has 1 saturated carbocycles. The van der Waals surface area contributed by atoms with Crippen molar-refractivity contribution in [3.8, 4) is 0 Å². The molecule has 0 aromatic rings. The first-order valence-corrected chi connectivity index (χ1v) is 6.62. The zero-order valence-corrected chi connectivity index (χ0v) is 10.3. The molecule has 2 aliphatic rings. The van der Waals surface area contributed by atoms with Gasteiger partial charge in [-0.3, -0.25) is 4.79 Å². The molecule has 0 aromatic heterocycles. The van der Waals surface area contributed by atoms with Crippen LogP contribution in [0.5, 0.6) is 0 Å². The Hall–Kier alpha value is -0.570. The number of rotatable bonds is 3. The van der Waals surface area contributed by atoms with Gasteiger partial charge in [-0.25, -0.2) is 0 Å². The summed E-state index contributed by atoms with van der Waals surface area (Å²) in [6.45, 7) is 1.65. The zero-order chi connectivity index (χ0) is 11.4. The van der Waals surface area contributed by atoms with Crippen molar-refractivity contribution < 1.29 is 9.53 Å². The number of amides is 1. The van der Waals surface area contributed by atoms with E-state index in [1.807, 2.05) is 0 Å². The summed E-state index contributed by atoms with van der Waals surface area (Å²) >= 11 is 0. The van der Waals surface area contributed by atoms with Gasteiger partial charge in [-0.2, -0.15) is 0 Å². The van der Waals surface area contributed by atoms with Gasteiger partial charge in [0.25, 0.3) is 0 Å². The Labute approximate surface area is 98.1 Å². The number of hydrogen-bond acceptors (Lipinski definition) is 2. The second-order valence-corrected chi connectivity index (χ2v) is 5.12. The second-order valence-electron chi connectivity index (χ2n) is 5.12. The molecule has 0 radical (unpaired) electrons. The smallest absolute Gasteiger partial charge is 0.226 e. The zero-order valence-electron chi connectivity index (χ0n) is 10.3. The average molecular weight is 225 g/mol. The summed E-state index contributed by atoms with van der Waals surface area (Å²) in [6.07, 6.45) is 8.26. The minimum absolute atomic E-state index is 0.311. The number of ether oxygens (including phenoxy) is 1. The van der Waals surface area contributed by atoms with Crippen LogP contribution in [0.15, 0.2) is 0 Å². The lowest BCUT2D eigenvalue weighted by Crippen LogP contribution is -2.42. The van der Waals surface area contributed by atoms with Gasteiger partial charge in [0.15, 0.2) is 0 Å². The fourth-order valence-corrected chi connectivity index (χ4v) is 3.08. The van der Waals surface area contributed by atoms with Gasteiger partial charge in [-0.05, 0) is 25.7 Å². The quantitative estimate of drug-likeness (QED) is 0.737. The van der Waals surface area contributed by atoms with E-state index < -0.39 is 0 Å². The van der Waals surface area contributed by atoms with Gasteiger partial charge in [0.05, 0.1) is 12.6 Å². The van der Waals surface area contributed by atoms with Crippen LogP contribution in [0.4, 0.5) is 0 Å². The summed E-state index contributed by atoms with van der Waals surface area (Å²) in [6, 6.07) is 0.347. The molecule has 2 fully saturated rings. The van der Waals surface area contributed by atoms with Gasteiger partial charge in [-0.15, -0.1) is 0 Å². The van der Waals surface area contributed by atoms with E-state index in [9.17, 15) is 4.79 Å². The summed E-state index contributed by atoms with van der Waals surface area (Å²) in [7, 11) is 1.72. The highest BCUT2D eigenvalue weighted by molar-refractivity contribution is 5.79. The predicted octanol–water partition coefficient (Wildman–Crippen LogP) is 2.20. The van der Waals surface area contributed by atoms with Crippen molar-refractivity contribution in [2.24, 2.45) is 5.92 Å². The van der Waals surface area contributed by atoms with Crippen LogP contribution in [0.2, 0.25) is 0 Å². The van der Waals surface area contributed by atoms with E-state index in [0.717, 1.165) is 32.2 Å². The van der Waals surface area contributed by atoms with E-state index in [1.54, 1.807) is 7.11 Å². The SMILES string of the molecule is COCC1CCCN1C(=O)C1CCCCC1. The molecule has 16 heavy (non-hydrogen) atoms. The molecule has 1 aliphatic carbocycles. The maximum absolute atomic E-state index is 12.4. The molecule has 0 spiro atoms. The van der Waals surface area contributed by atoms with Crippen molar-refractivity contribution in [2.45, 2.75) is 51.0 Å². The molecule has 0 bridgehead atoms. The molecule has 3 nitrogen and oxygen atoms in total. The van der Waals surface area contributed by atoms with Crippen molar-refractivity contribution in [1.29, 1.82) is 0 Å². The van der Waals surface area contributed by atoms with E-state index in [1.165, 1.54) is 19.3 Å². The molecular formula is C13H23NO2. The summed E-state index contributed by atoms with van der Waals surface area (Å²) in [5.74, 6) is 0.713.